The number of likely N-dealkylation sites (tertiary alicyclic amines) is 1. The number of benzene rings is 1. The molecule has 0 atom stereocenters. The molecule has 214 valence electrons. The van der Waals surface area contributed by atoms with E-state index < -0.39 is 18.0 Å². The lowest BCUT2D eigenvalue weighted by Crippen LogP contribution is -2.41. The minimum Gasteiger partial charge on any atom is -0.542 e. The highest BCUT2D eigenvalue weighted by molar-refractivity contribution is 5.94. The molecular formula is C27H28F4N4O5. The van der Waals surface area contributed by atoms with Crippen LogP contribution >= 0.6 is 0 Å². The Labute approximate surface area is 226 Å². The number of ether oxygens (including phenoxy) is 1. The maximum absolute atomic E-state index is 14.5. The Morgan fingerprint density at radius 2 is 1.88 bits per heavy atom. The van der Waals surface area contributed by atoms with Gasteiger partial charge in [-0.25, -0.2) is 14.5 Å². The van der Waals surface area contributed by atoms with Gasteiger partial charge < -0.3 is 19.5 Å². The summed E-state index contributed by atoms with van der Waals surface area (Å²) in [6.45, 7) is 3.44. The highest BCUT2D eigenvalue weighted by atomic mass is 19.4. The van der Waals surface area contributed by atoms with Gasteiger partial charge in [0.15, 0.2) is 6.20 Å². The van der Waals surface area contributed by atoms with Crippen molar-refractivity contribution in [3.63, 3.8) is 0 Å². The van der Waals surface area contributed by atoms with Gasteiger partial charge in [-0.2, -0.15) is 18.3 Å². The molecular weight excluding hydrogens is 536 g/mol. The van der Waals surface area contributed by atoms with Gasteiger partial charge in [-0.05, 0) is 43.0 Å². The van der Waals surface area contributed by atoms with Gasteiger partial charge in [0.1, 0.15) is 18.4 Å². The number of aromatic amines is 2. The number of carbonyl (C=O) groups excluding carboxylic acids is 2. The van der Waals surface area contributed by atoms with E-state index in [-0.39, 0.29) is 23.1 Å². The third-order valence-corrected chi connectivity index (χ3v) is 6.17. The van der Waals surface area contributed by atoms with E-state index in [1.165, 1.54) is 6.07 Å². The number of hydrogen-bond acceptors (Lipinski definition) is 6. The summed E-state index contributed by atoms with van der Waals surface area (Å²) in [5, 5.41) is 15.4. The quantitative estimate of drug-likeness (QED) is 0.437. The largest absolute Gasteiger partial charge is 0.542 e. The molecule has 2 N–H and O–H groups in total. The van der Waals surface area contributed by atoms with Crippen LogP contribution in [0.15, 0.2) is 53.5 Å². The van der Waals surface area contributed by atoms with Gasteiger partial charge in [-0.1, -0.05) is 19.1 Å². The van der Waals surface area contributed by atoms with Gasteiger partial charge in [0.25, 0.3) is 11.5 Å². The van der Waals surface area contributed by atoms with E-state index in [4.69, 9.17) is 14.6 Å². The predicted molar refractivity (Wildman–Crippen MR) is 131 cm³/mol. The first kappa shape index (κ1) is 30.4. The molecule has 1 aliphatic rings. The molecule has 1 aliphatic heterocycles. The van der Waals surface area contributed by atoms with Gasteiger partial charge in [0.2, 0.25) is 5.69 Å². The number of rotatable bonds is 7. The van der Waals surface area contributed by atoms with Crippen LogP contribution in [-0.4, -0.2) is 52.3 Å². The van der Waals surface area contributed by atoms with Crippen molar-refractivity contribution < 1.29 is 42.0 Å². The number of aliphatic carboxylic acids is 1. The fourth-order valence-electron chi connectivity index (χ4n) is 4.03. The summed E-state index contributed by atoms with van der Waals surface area (Å²) < 4.78 is 52.0. The number of aryl methyl sites for hydroxylation is 1. The Bertz CT molecular complexity index is 1360. The third kappa shape index (κ3) is 8.70. The molecule has 9 nitrogen and oxygen atoms in total. The molecule has 40 heavy (non-hydrogen) atoms. The second-order valence-electron chi connectivity index (χ2n) is 9.03. The molecule has 0 saturated carbocycles. The standard InChI is InChI=1S/C25H27FN4O3.C2HF3O2/c1-2-18-15-20(28-29-24(18)31)13-17-6-7-23(26)22(14-17)25(32)30-11-8-21(9-12-30)33-16-19-5-3-4-10-27-19;3-2(4,5)1(6)7/h3-7,10,14-15,21H,2,8-9,11-13,16H2,1H3,(H,29,31);(H,6,7). The normalized spacial score (nSPS) is 13.9. The van der Waals surface area contributed by atoms with Crippen LogP contribution < -0.4 is 15.6 Å². The monoisotopic (exact) mass is 564 g/mol. The number of amides is 1. The summed E-state index contributed by atoms with van der Waals surface area (Å²) in [6, 6.07) is 12.1. The number of piperidine rings is 1. The van der Waals surface area contributed by atoms with Crippen molar-refractivity contribution in [2.24, 2.45) is 0 Å². The number of H-pyrrole nitrogens is 2. The number of halogens is 4. The fourth-order valence-corrected chi connectivity index (χ4v) is 4.03. The first-order valence-corrected chi connectivity index (χ1v) is 12.5. The van der Waals surface area contributed by atoms with E-state index in [0.717, 1.165) is 11.3 Å². The molecule has 0 spiro atoms. The van der Waals surface area contributed by atoms with Crippen LogP contribution in [0.2, 0.25) is 0 Å². The molecule has 3 heterocycles. The molecule has 0 bridgehead atoms. The van der Waals surface area contributed by atoms with E-state index in [1.54, 1.807) is 23.1 Å². The molecule has 1 aromatic carbocycles. The van der Waals surface area contributed by atoms with Crippen LogP contribution in [0.4, 0.5) is 17.6 Å². The maximum Gasteiger partial charge on any atom is 0.430 e. The molecule has 0 aliphatic carbocycles. The summed E-state index contributed by atoms with van der Waals surface area (Å²) in [5.74, 6) is -3.86. The van der Waals surface area contributed by atoms with Crippen molar-refractivity contribution in [3.05, 3.63) is 92.9 Å². The molecule has 0 unspecified atom stereocenters. The minimum absolute atomic E-state index is 0.0610. The number of aromatic nitrogens is 3. The number of nitrogens with one attached hydrogen (secondary N) is 2. The predicted octanol–water partition coefficient (Wildman–Crippen LogP) is 2.00. The van der Waals surface area contributed by atoms with Crippen LogP contribution in [0, 0.1) is 5.82 Å². The summed E-state index contributed by atoms with van der Waals surface area (Å²) >= 11 is 0. The zero-order valence-electron chi connectivity index (χ0n) is 21.6. The summed E-state index contributed by atoms with van der Waals surface area (Å²) in [7, 11) is 0. The number of carboxylic acid groups (broad SMARTS) is 1. The zero-order valence-corrected chi connectivity index (χ0v) is 21.6. The van der Waals surface area contributed by atoms with E-state index >= 15 is 0 Å². The molecule has 1 saturated heterocycles. The number of pyridine rings is 1. The average molecular weight is 565 g/mol. The van der Waals surface area contributed by atoms with Crippen LogP contribution in [0.3, 0.4) is 0 Å². The summed E-state index contributed by atoms with van der Waals surface area (Å²) in [5.41, 5.74) is 2.94. The van der Waals surface area contributed by atoms with Crippen LogP contribution in [0.5, 0.6) is 0 Å². The average Bonchev–Trinajstić information content (AvgIpc) is 2.94. The molecule has 1 amide bonds. The van der Waals surface area contributed by atoms with E-state index in [2.05, 4.69) is 15.2 Å². The summed E-state index contributed by atoms with van der Waals surface area (Å²) in [6.07, 6.45) is -0.851. The van der Waals surface area contributed by atoms with Crippen LogP contribution in [0.25, 0.3) is 0 Å². The molecule has 3 aromatic rings. The van der Waals surface area contributed by atoms with E-state index in [9.17, 15) is 27.2 Å². The SMILES string of the molecule is CCc1cc(Cc2ccc(F)c(C(=O)N3CCC(OCc4cccc[nH+]4)CC3)c2)n[nH]c1=O.O=C([O-])C(F)(F)F. The third-order valence-electron chi connectivity index (χ3n) is 6.17. The lowest BCUT2D eigenvalue weighted by molar-refractivity contribution is -0.396. The number of carbonyl (C=O) groups is 2. The number of nitrogens with zero attached hydrogens (tertiary/aromatic N) is 2. The number of carboxylic acids is 1. The minimum atomic E-state index is -5.19. The summed E-state index contributed by atoms with van der Waals surface area (Å²) in [4.78, 5) is 38.4. The molecule has 4 rings (SSSR count). The Kier molecular flexibility index (Phi) is 10.5. The lowest BCUT2D eigenvalue weighted by Gasteiger charge is -2.32. The van der Waals surface area contributed by atoms with Gasteiger partial charge in [0, 0.05) is 37.2 Å². The van der Waals surface area contributed by atoms with Crippen molar-refractivity contribution in [2.75, 3.05) is 13.1 Å². The van der Waals surface area contributed by atoms with Crippen molar-refractivity contribution in [1.29, 1.82) is 0 Å². The first-order chi connectivity index (χ1) is 19.0. The zero-order chi connectivity index (χ0) is 29.3. The number of hydrogen-bond donors (Lipinski definition) is 1. The van der Waals surface area contributed by atoms with Gasteiger partial charge in [0.05, 0.1) is 17.4 Å². The van der Waals surface area contributed by atoms with Crippen LogP contribution in [0.1, 0.15) is 52.6 Å². The molecule has 2 aromatic heterocycles. The van der Waals surface area contributed by atoms with Gasteiger partial charge in [-0.3, -0.25) is 9.59 Å². The van der Waals surface area contributed by atoms with Gasteiger partial charge >= 0.3 is 6.18 Å². The van der Waals surface area contributed by atoms with Crippen LogP contribution in [-0.2, 0) is 29.0 Å². The molecule has 1 fully saturated rings. The topological polar surface area (TPSA) is 130 Å². The molecule has 13 heteroatoms. The van der Waals surface area contributed by atoms with Crippen molar-refractivity contribution >= 4 is 11.9 Å². The highest BCUT2D eigenvalue weighted by Crippen LogP contribution is 2.20. The van der Waals surface area contributed by atoms with E-state index in [1.807, 2.05) is 31.3 Å². The van der Waals surface area contributed by atoms with Crippen molar-refractivity contribution in [3.8, 4) is 0 Å². The Balaban J connectivity index is 0.000000559. The lowest BCUT2D eigenvalue weighted by atomic mass is 10.0. The fraction of sp³-hybridized carbons (Fsp3) is 0.370. The van der Waals surface area contributed by atoms with Crippen molar-refractivity contribution in [2.45, 2.75) is 51.5 Å². The molecule has 0 radical (unpaired) electrons. The first-order valence-electron chi connectivity index (χ1n) is 12.5. The Morgan fingerprint density at radius 3 is 2.48 bits per heavy atom. The van der Waals surface area contributed by atoms with Gasteiger partial charge in [-0.15, -0.1) is 0 Å². The number of alkyl halides is 3. The highest BCUT2D eigenvalue weighted by Gasteiger charge is 2.29. The second-order valence-corrected chi connectivity index (χ2v) is 9.03. The van der Waals surface area contributed by atoms with E-state index in [0.29, 0.717) is 56.6 Å². The Hall–Kier alpha value is -4.13. The Morgan fingerprint density at radius 1 is 1.18 bits per heavy atom. The van der Waals surface area contributed by atoms with Crippen molar-refractivity contribution in [1.82, 2.24) is 15.1 Å². The smallest absolute Gasteiger partial charge is 0.430 e. The maximum atomic E-state index is 14.5. The second kappa shape index (κ2) is 13.8.